The number of aromatic nitrogens is 4. The first-order valence-electron chi connectivity index (χ1n) is 5.46. The highest BCUT2D eigenvalue weighted by Crippen LogP contribution is 2.41. The van der Waals surface area contributed by atoms with E-state index in [1.54, 1.807) is 6.20 Å². The molecule has 0 saturated heterocycles. The maximum absolute atomic E-state index is 11.6. The second-order valence-corrected chi connectivity index (χ2v) is 5.49. The molecule has 0 aromatic carbocycles. The molecular formula is C9H10N6OS2. The molecule has 94 valence electrons. The van der Waals surface area contributed by atoms with Crippen LogP contribution in [0.3, 0.4) is 0 Å². The van der Waals surface area contributed by atoms with Gasteiger partial charge in [0, 0.05) is 5.92 Å². The van der Waals surface area contributed by atoms with Crippen LogP contribution in [-0.2, 0) is 6.54 Å². The molecule has 1 aliphatic rings. The van der Waals surface area contributed by atoms with Crippen LogP contribution in [0, 0.1) is 0 Å². The van der Waals surface area contributed by atoms with E-state index in [0.717, 1.165) is 22.4 Å². The predicted molar refractivity (Wildman–Crippen MR) is 67.7 cm³/mol. The van der Waals surface area contributed by atoms with Crippen molar-refractivity contribution in [1.29, 1.82) is 0 Å². The number of urea groups is 1. The molecule has 2 amide bonds. The zero-order chi connectivity index (χ0) is 12.4. The van der Waals surface area contributed by atoms with Gasteiger partial charge in [-0.25, -0.2) is 4.79 Å². The summed E-state index contributed by atoms with van der Waals surface area (Å²) in [7, 11) is 0. The van der Waals surface area contributed by atoms with Crippen LogP contribution in [0.2, 0.25) is 0 Å². The first-order valence-corrected chi connectivity index (χ1v) is 7.00. The molecule has 1 saturated carbocycles. The Hall–Kier alpha value is -1.61. The lowest BCUT2D eigenvalue weighted by molar-refractivity contribution is 0.251. The van der Waals surface area contributed by atoms with E-state index in [2.05, 4.69) is 29.6 Å². The molecule has 3 rings (SSSR count). The van der Waals surface area contributed by atoms with Crippen molar-refractivity contribution in [3.8, 4) is 0 Å². The van der Waals surface area contributed by atoms with E-state index < -0.39 is 0 Å². The number of hydrogen-bond acceptors (Lipinski definition) is 7. The molecule has 2 heterocycles. The smallest absolute Gasteiger partial charge is 0.321 e. The van der Waals surface area contributed by atoms with Crippen molar-refractivity contribution >= 4 is 34.2 Å². The standard InChI is InChI=1S/C9H10N6OS2/c16-8(10-3-6-4-11-18-15-6)12-9-14-13-7(17-9)5-1-2-5/h4-5H,1-3H2,(H2,10,12,14,16). The average molecular weight is 282 g/mol. The molecule has 9 heteroatoms. The molecule has 1 fully saturated rings. The van der Waals surface area contributed by atoms with Gasteiger partial charge in [0.2, 0.25) is 5.13 Å². The Bertz CT molecular complexity index is 535. The maximum atomic E-state index is 11.6. The number of nitrogens with one attached hydrogen (secondary N) is 2. The molecule has 0 bridgehead atoms. The van der Waals surface area contributed by atoms with Gasteiger partial charge in [-0.15, -0.1) is 10.2 Å². The Morgan fingerprint density at radius 3 is 3.06 bits per heavy atom. The molecular weight excluding hydrogens is 272 g/mol. The van der Waals surface area contributed by atoms with Gasteiger partial charge in [-0.2, -0.15) is 8.75 Å². The largest absolute Gasteiger partial charge is 0.332 e. The van der Waals surface area contributed by atoms with Crippen LogP contribution in [0.1, 0.15) is 29.5 Å². The van der Waals surface area contributed by atoms with Crippen LogP contribution in [0.4, 0.5) is 9.93 Å². The molecule has 0 spiro atoms. The zero-order valence-electron chi connectivity index (χ0n) is 9.29. The summed E-state index contributed by atoms with van der Waals surface area (Å²) in [6, 6.07) is -0.304. The minimum atomic E-state index is -0.304. The SMILES string of the molecule is O=C(NCc1cnsn1)Nc1nnc(C2CC2)s1. The predicted octanol–water partition coefficient (Wildman–Crippen LogP) is 1.59. The summed E-state index contributed by atoms with van der Waals surface area (Å²) in [6.45, 7) is 0.358. The highest BCUT2D eigenvalue weighted by atomic mass is 32.1. The normalized spacial score (nSPS) is 14.4. The Balaban J connectivity index is 1.50. The molecule has 0 radical (unpaired) electrons. The van der Waals surface area contributed by atoms with E-state index in [9.17, 15) is 4.79 Å². The minimum Gasteiger partial charge on any atom is -0.332 e. The summed E-state index contributed by atoms with van der Waals surface area (Å²) in [5.74, 6) is 0.558. The van der Waals surface area contributed by atoms with Gasteiger partial charge in [-0.3, -0.25) is 5.32 Å². The summed E-state index contributed by atoms with van der Waals surface area (Å²) in [5.41, 5.74) is 0.742. The first kappa shape index (κ1) is 11.5. The second kappa shape index (κ2) is 4.94. The molecule has 0 atom stereocenters. The van der Waals surface area contributed by atoms with E-state index in [4.69, 9.17) is 0 Å². The lowest BCUT2D eigenvalue weighted by Gasteiger charge is -2.01. The fourth-order valence-corrected chi connectivity index (χ4v) is 2.69. The minimum absolute atomic E-state index is 0.304. The van der Waals surface area contributed by atoms with Crippen molar-refractivity contribution in [3.05, 3.63) is 16.9 Å². The number of anilines is 1. The number of carbonyl (C=O) groups is 1. The van der Waals surface area contributed by atoms with Crippen molar-refractivity contribution in [2.45, 2.75) is 25.3 Å². The molecule has 0 unspecified atom stereocenters. The van der Waals surface area contributed by atoms with E-state index in [-0.39, 0.29) is 6.03 Å². The molecule has 2 aromatic heterocycles. The van der Waals surface area contributed by atoms with Gasteiger partial charge in [-0.05, 0) is 12.8 Å². The van der Waals surface area contributed by atoms with Crippen molar-refractivity contribution < 1.29 is 4.79 Å². The molecule has 2 N–H and O–H groups in total. The third-order valence-electron chi connectivity index (χ3n) is 2.42. The van der Waals surface area contributed by atoms with Gasteiger partial charge in [0.25, 0.3) is 0 Å². The van der Waals surface area contributed by atoms with Gasteiger partial charge < -0.3 is 5.32 Å². The van der Waals surface area contributed by atoms with E-state index in [1.807, 2.05) is 0 Å². The topological polar surface area (TPSA) is 92.7 Å². The molecule has 1 aliphatic carbocycles. The van der Waals surface area contributed by atoms with Gasteiger partial charge in [0.15, 0.2) is 0 Å². The number of carbonyl (C=O) groups excluding carboxylic acids is 1. The van der Waals surface area contributed by atoms with Crippen molar-refractivity contribution in [2.75, 3.05) is 5.32 Å². The lowest BCUT2D eigenvalue weighted by Crippen LogP contribution is -2.28. The van der Waals surface area contributed by atoms with Crippen molar-refractivity contribution in [3.63, 3.8) is 0 Å². The molecule has 2 aromatic rings. The number of hydrogen-bond donors (Lipinski definition) is 2. The van der Waals surface area contributed by atoms with Crippen LogP contribution < -0.4 is 10.6 Å². The summed E-state index contributed by atoms with van der Waals surface area (Å²) >= 11 is 2.55. The zero-order valence-corrected chi connectivity index (χ0v) is 10.9. The Kier molecular flexibility index (Phi) is 3.15. The molecule has 0 aliphatic heterocycles. The van der Waals surface area contributed by atoms with Crippen molar-refractivity contribution in [1.82, 2.24) is 24.3 Å². The summed E-state index contributed by atoms with van der Waals surface area (Å²) < 4.78 is 7.85. The Morgan fingerprint density at radius 1 is 1.44 bits per heavy atom. The highest BCUT2D eigenvalue weighted by molar-refractivity contribution is 7.15. The van der Waals surface area contributed by atoms with Gasteiger partial charge in [-0.1, -0.05) is 11.3 Å². The third-order valence-corrected chi connectivity index (χ3v) is 3.94. The summed E-state index contributed by atoms with van der Waals surface area (Å²) in [6.07, 6.45) is 3.98. The van der Waals surface area contributed by atoms with E-state index in [0.29, 0.717) is 17.6 Å². The maximum Gasteiger partial charge on any atom is 0.321 e. The van der Waals surface area contributed by atoms with Gasteiger partial charge in [0.1, 0.15) is 5.01 Å². The van der Waals surface area contributed by atoms with Gasteiger partial charge >= 0.3 is 6.03 Å². The highest BCUT2D eigenvalue weighted by Gasteiger charge is 2.27. The van der Waals surface area contributed by atoms with Gasteiger partial charge in [0.05, 0.1) is 30.2 Å². The second-order valence-electron chi connectivity index (χ2n) is 3.93. The average Bonchev–Trinajstić information content (AvgIpc) is 2.90. The van der Waals surface area contributed by atoms with Crippen molar-refractivity contribution in [2.24, 2.45) is 0 Å². The monoisotopic (exact) mass is 282 g/mol. The number of nitrogens with zero attached hydrogens (tertiary/aromatic N) is 4. The Morgan fingerprint density at radius 2 is 2.33 bits per heavy atom. The lowest BCUT2D eigenvalue weighted by atomic mass is 10.5. The van der Waals surface area contributed by atoms with Crippen LogP contribution in [0.15, 0.2) is 6.20 Å². The molecule has 7 nitrogen and oxygen atoms in total. The fourth-order valence-electron chi connectivity index (χ4n) is 1.35. The fraction of sp³-hybridized carbons (Fsp3) is 0.444. The van der Waals surface area contributed by atoms with Crippen LogP contribution in [0.5, 0.6) is 0 Å². The van der Waals surface area contributed by atoms with Crippen LogP contribution >= 0.6 is 23.1 Å². The quantitative estimate of drug-likeness (QED) is 0.888. The Labute approximate surface area is 111 Å². The third kappa shape index (κ3) is 2.79. The van der Waals surface area contributed by atoms with Crippen LogP contribution in [0.25, 0.3) is 0 Å². The van der Waals surface area contributed by atoms with E-state index in [1.165, 1.54) is 24.2 Å². The number of amides is 2. The summed E-state index contributed by atoms with van der Waals surface area (Å²) in [5, 5.41) is 14.9. The number of rotatable bonds is 4. The van der Waals surface area contributed by atoms with Crippen LogP contribution in [-0.4, -0.2) is 25.0 Å². The molecule has 18 heavy (non-hydrogen) atoms. The van der Waals surface area contributed by atoms with E-state index >= 15 is 0 Å². The summed E-state index contributed by atoms with van der Waals surface area (Å²) in [4.78, 5) is 11.6. The first-order chi connectivity index (χ1) is 8.81.